The molecule has 0 radical (unpaired) electrons. The average Bonchev–Trinajstić information content (AvgIpc) is 2.29. The molecule has 2 nitrogen and oxygen atoms in total. The summed E-state index contributed by atoms with van der Waals surface area (Å²) in [6.45, 7) is 4.30. The summed E-state index contributed by atoms with van der Waals surface area (Å²) in [5.41, 5.74) is -0.00295. The van der Waals surface area contributed by atoms with Crippen molar-refractivity contribution in [3.8, 4) is 0 Å². The van der Waals surface area contributed by atoms with Crippen molar-refractivity contribution in [2.75, 3.05) is 19.8 Å². The van der Waals surface area contributed by atoms with E-state index in [0.717, 1.165) is 0 Å². The molecule has 0 saturated carbocycles. The highest BCUT2D eigenvalue weighted by Gasteiger charge is 2.31. The molecule has 0 aromatic heterocycles. The van der Waals surface area contributed by atoms with E-state index in [2.05, 4.69) is 5.32 Å². The summed E-state index contributed by atoms with van der Waals surface area (Å²) in [6, 6.07) is 8.08. The van der Waals surface area contributed by atoms with E-state index in [1.165, 1.54) is 12.1 Å². The Kier molecular flexibility index (Phi) is 5.51. The molecule has 1 N–H and O–H groups in total. The highest BCUT2D eigenvalue weighted by atomic mass is 19.3. The molecule has 0 aliphatic heterocycles. The van der Waals surface area contributed by atoms with Gasteiger partial charge in [-0.1, -0.05) is 44.2 Å². The van der Waals surface area contributed by atoms with Crippen LogP contribution in [-0.4, -0.2) is 25.8 Å². The summed E-state index contributed by atoms with van der Waals surface area (Å²) in [6.07, 6.45) is 0. The largest absolute Gasteiger partial charge is 0.373 e. The van der Waals surface area contributed by atoms with Gasteiger partial charge in [-0.15, -0.1) is 0 Å². The van der Waals surface area contributed by atoms with E-state index in [1.807, 2.05) is 13.8 Å². The Morgan fingerprint density at radius 2 is 1.88 bits per heavy atom. The van der Waals surface area contributed by atoms with Crippen LogP contribution < -0.4 is 5.32 Å². The van der Waals surface area contributed by atoms with Crippen molar-refractivity contribution in [2.45, 2.75) is 25.8 Å². The fraction of sp³-hybridized carbons (Fsp3) is 0.538. The molecule has 0 spiro atoms. The maximum Gasteiger partial charge on any atom is 0.296 e. The monoisotopic (exact) mass is 243 g/mol. The summed E-state index contributed by atoms with van der Waals surface area (Å²) in [7, 11) is 0. The molecule has 17 heavy (non-hydrogen) atoms. The number of ether oxygens (including phenoxy) is 1. The highest BCUT2D eigenvalue weighted by molar-refractivity contribution is 5.19. The first-order valence-electron chi connectivity index (χ1n) is 5.77. The minimum atomic E-state index is -2.92. The molecular formula is C13H19F2NO. The maximum atomic E-state index is 13.6. The van der Waals surface area contributed by atoms with Crippen LogP contribution in [-0.2, 0) is 10.7 Å². The standard InChI is InChI=1S/C13H19F2NO/c1-11(2)16-8-9-17-10-13(14,15)12-6-4-3-5-7-12/h3-7,11,16H,8-10H2,1-2H3. The minimum absolute atomic E-state index is 0.00295. The molecule has 4 heteroatoms. The van der Waals surface area contributed by atoms with Crippen molar-refractivity contribution in [2.24, 2.45) is 0 Å². The molecule has 1 aromatic carbocycles. The Balaban J connectivity index is 2.30. The second-order valence-corrected chi connectivity index (χ2v) is 4.23. The molecule has 1 aromatic rings. The molecule has 0 saturated heterocycles. The lowest BCUT2D eigenvalue weighted by molar-refractivity contribution is -0.0819. The van der Waals surface area contributed by atoms with E-state index in [-0.39, 0.29) is 5.56 Å². The second-order valence-electron chi connectivity index (χ2n) is 4.23. The first kappa shape index (κ1) is 14.1. The van der Waals surface area contributed by atoms with Crippen molar-refractivity contribution in [3.05, 3.63) is 35.9 Å². The van der Waals surface area contributed by atoms with Crippen LogP contribution in [0.3, 0.4) is 0 Å². The Hall–Kier alpha value is -1.00. The summed E-state index contributed by atoms with van der Waals surface area (Å²) in [5.74, 6) is -2.92. The second kappa shape index (κ2) is 6.67. The van der Waals surface area contributed by atoms with Crippen LogP contribution >= 0.6 is 0 Å². The van der Waals surface area contributed by atoms with Gasteiger partial charge in [0.25, 0.3) is 5.92 Å². The van der Waals surface area contributed by atoms with Gasteiger partial charge in [-0.2, -0.15) is 8.78 Å². The lowest BCUT2D eigenvalue weighted by atomic mass is 10.1. The van der Waals surface area contributed by atoms with Gasteiger partial charge in [-0.05, 0) is 0 Å². The van der Waals surface area contributed by atoms with Crippen LogP contribution in [0.25, 0.3) is 0 Å². The smallest absolute Gasteiger partial charge is 0.296 e. The van der Waals surface area contributed by atoms with Crippen LogP contribution in [0.5, 0.6) is 0 Å². The lowest BCUT2D eigenvalue weighted by Gasteiger charge is -2.17. The number of benzene rings is 1. The Labute approximate surface area is 101 Å². The maximum absolute atomic E-state index is 13.6. The average molecular weight is 243 g/mol. The van der Waals surface area contributed by atoms with E-state index in [0.29, 0.717) is 19.2 Å². The van der Waals surface area contributed by atoms with E-state index in [4.69, 9.17) is 4.74 Å². The van der Waals surface area contributed by atoms with Gasteiger partial charge in [-0.25, -0.2) is 0 Å². The van der Waals surface area contributed by atoms with Crippen LogP contribution in [0.15, 0.2) is 30.3 Å². The van der Waals surface area contributed by atoms with Gasteiger partial charge >= 0.3 is 0 Å². The lowest BCUT2D eigenvalue weighted by Crippen LogP contribution is -2.29. The summed E-state index contributed by atoms with van der Waals surface area (Å²) < 4.78 is 32.2. The van der Waals surface area contributed by atoms with Crippen LogP contribution in [0, 0.1) is 0 Å². The van der Waals surface area contributed by atoms with Crippen LogP contribution in [0.2, 0.25) is 0 Å². The Morgan fingerprint density at radius 3 is 2.47 bits per heavy atom. The molecule has 96 valence electrons. The molecule has 0 aliphatic carbocycles. The fourth-order valence-corrected chi connectivity index (χ4v) is 1.39. The number of halogens is 2. The summed E-state index contributed by atoms with van der Waals surface area (Å²) in [5, 5.41) is 3.10. The molecule has 0 unspecified atom stereocenters. The van der Waals surface area contributed by atoms with Gasteiger partial charge < -0.3 is 10.1 Å². The third kappa shape index (κ3) is 5.24. The predicted molar refractivity (Wildman–Crippen MR) is 64.3 cm³/mol. The van der Waals surface area contributed by atoms with Crippen molar-refractivity contribution in [1.82, 2.24) is 5.32 Å². The SMILES string of the molecule is CC(C)NCCOCC(F)(F)c1ccccc1. The van der Waals surface area contributed by atoms with E-state index >= 15 is 0 Å². The highest BCUT2D eigenvalue weighted by Crippen LogP contribution is 2.27. The molecule has 0 atom stereocenters. The van der Waals surface area contributed by atoms with Crippen molar-refractivity contribution < 1.29 is 13.5 Å². The number of rotatable bonds is 7. The zero-order valence-electron chi connectivity index (χ0n) is 10.2. The van der Waals surface area contributed by atoms with Gasteiger partial charge in [0.2, 0.25) is 0 Å². The van der Waals surface area contributed by atoms with Crippen LogP contribution in [0.1, 0.15) is 19.4 Å². The Morgan fingerprint density at radius 1 is 1.24 bits per heavy atom. The summed E-state index contributed by atoms with van der Waals surface area (Å²) in [4.78, 5) is 0. The van der Waals surface area contributed by atoms with Gasteiger partial charge in [0.05, 0.1) is 6.61 Å². The van der Waals surface area contributed by atoms with Gasteiger partial charge in [0.1, 0.15) is 6.61 Å². The number of hydrogen-bond acceptors (Lipinski definition) is 2. The van der Waals surface area contributed by atoms with Crippen molar-refractivity contribution >= 4 is 0 Å². The minimum Gasteiger partial charge on any atom is -0.373 e. The zero-order chi connectivity index (χ0) is 12.7. The quantitative estimate of drug-likeness (QED) is 0.743. The van der Waals surface area contributed by atoms with E-state index in [1.54, 1.807) is 18.2 Å². The third-order valence-electron chi connectivity index (χ3n) is 2.28. The summed E-state index contributed by atoms with van der Waals surface area (Å²) >= 11 is 0. The Bertz CT molecular complexity index is 314. The topological polar surface area (TPSA) is 21.3 Å². The first-order chi connectivity index (χ1) is 8.02. The molecule has 0 bridgehead atoms. The molecule has 0 aliphatic rings. The molecule has 0 amide bonds. The molecule has 0 fully saturated rings. The fourth-order valence-electron chi connectivity index (χ4n) is 1.39. The zero-order valence-corrected chi connectivity index (χ0v) is 10.2. The number of nitrogens with one attached hydrogen (secondary N) is 1. The third-order valence-corrected chi connectivity index (χ3v) is 2.28. The normalized spacial score (nSPS) is 12.1. The van der Waals surface area contributed by atoms with Crippen LogP contribution in [0.4, 0.5) is 8.78 Å². The first-order valence-corrected chi connectivity index (χ1v) is 5.77. The van der Waals surface area contributed by atoms with Crippen molar-refractivity contribution in [1.29, 1.82) is 0 Å². The van der Waals surface area contributed by atoms with Gasteiger partial charge in [0.15, 0.2) is 0 Å². The van der Waals surface area contributed by atoms with Gasteiger partial charge in [-0.3, -0.25) is 0 Å². The van der Waals surface area contributed by atoms with E-state index in [9.17, 15) is 8.78 Å². The number of hydrogen-bond donors (Lipinski definition) is 1. The number of alkyl halides is 2. The van der Waals surface area contributed by atoms with Crippen molar-refractivity contribution in [3.63, 3.8) is 0 Å². The molecule has 1 rings (SSSR count). The molecule has 0 heterocycles. The van der Waals surface area contributed by atoms with Gasteiger partial charge in [0, 0.05) is 18.2 Å². The predicted octanol–water partition coefficient (Wildman–Crippen LogP) is 2.79. The van der Waals surface area contributed by atoms with E-state index < -0.39 is 12.5 Å². The molecular weight excluding hydrogens is 224 g/mol.